The first-order chi connectivity index (χ1) is 4.74. The van der Waals surface area contributed by atoms with Gasteiger partial charge in [0.15, 0.2) is 5.75 Å². The molecule has 1 aromatic rings. The molecule has 1 nitrogen and oxygen atoms in total. The second kappa shape index (κ2) is 2.84. The Morgan fingerprint density at radius 3 is 2.60 bits per heavy atom. The molecule has 0 fully saturated rings. The molecule has 54 valence electrons. The highest BCUT2D eigenvalue weighted by Gasteiger charge is 2.02. The fourth-order valence-electron chi connectivity index (χ4n) is 0.536. The zero-order valence-corrected chi connectivity index (χ0v) is 5.53. The van der Waals surface area contributed by atoms with Crippen LogP contribution in [0.15, 0.2) is 18.2 Å². The van der Waals surface area contributed by atoms with Gasteiger partial charge in [-0.15, -0.1) is 0 Å². The SMILES string of the molecule is FOc1cc(F)ccc1Cl. The summed E-state index contributed by atoms with van der Waals surface area (Å²) in [6, 6.07) is 3.19. The highest BCUT2D eigenvalue weighted by molar-refractivity contribution is 6.32. The predicted molar refractivity (Wildman–Crippen MR) is 33.1 cm³/mol. The van der Waals surface area contributed by atoms with Gasteiger partial charge in [0.2, 0.25) is 0 Å². The van der Waals surface area contributed by atoms with E-state index >= 15 is 0 Å². The third kappa shape index (κ3) is 1.36. The van der Waals surface area contributed by atoms with Crippen molar-refractivity contribution in [3.63, 3.8) is 0 Å². The summed E-state index contributed by atoms with van der Waals surface area (Å²) < 4.78 is 23.6. The van der Waals surface area contributed by atoms with Gasteiger partial charge in [-0.25, -0.2) is 4.39 Å². The van der Waals surface area contributed by atoms with Crippen molar-refractivity contribution in [2.75, 3.05) is 0 Å². The van der Waals surface area contributed by atoms with Crippen LogP contribution in [0.1, 0.15) is 0 Å². The maximum Gasteiger partial charge on any atom is 0.193 e. The van der Waals surface area contributed by atoms with Crippen LogP contribution >= 0.6 is 11.6 Å². The van der Waals surface area contributed by atoms with Gasteiger partial charge in [0, 0.05) is 10.6 Å². The summed E-state index contributed by atoms with van der Waals surface area (Å²) in [5, 5.41) is 0.0453. The van der Waals surface area contributed by atoms with Crippen LogP contribution < -0.4 is 4.94 Å². The van der Waals surface area contributed by atoms with Crippen molar-refractivity contribution < 1.29 is 13.9 Å². The van der Waals surface area contributed by atoms with Crippen LogP contribution in [0.2, 0.25) is 5.02 Å². The number of benzene rings is 1. The van der Waals surface area contributed by atoms with E-state index in [0.29, 0.717) is 0 Å². The van der Waals surface area contributed by atoms with Gasteiger partial charge >= 0.3 is 0 Å². The van der Waals surface area contributed by atoms with Gasteiger partial charge in [-0.05, 0) is 12.1 Å². The average Bonchev–Trinajstić information content (AvgIpc) is 1.94. The zero-order chi connectivity index (χ0) is 7.56. The van der Waals surface area contributed by atoms with E-state index in [1.165, 1.54) is 6.07 Å². The van der Waals surface area contributed by atoms with Crippen LogP contribution in [-0.2, 0) is 0 Å². The van der Waals surface area contributed by atoms with Gasteiger partial charge in [-0.3, -0.25) is 4.94 Å². The number of hydrogen-bond donors (Lipinski definition) is 0. The lowest BCUT2D eigenvalue weighted by Crippen LogP contribution is -1.79. The first-order valence-corrected chi connectivity index (χ1v) is 2.85. The molecule has 0 bridgehead atoms. The Labute approximate surface area is 61.1 Å². The molecule has 0 spiro atoms. The van der Waals surface area contributed by atoms with Crippen molar-refractivity contribution in [2.24, 2.45) is 0 Å². The van der Waals surface area contributed by atoms with Crippen LogP contribution in [0.5, 0.6) is 5.75 Å². The minimum absolute atomic E-state index is 0.0453. The Bertz CT molecular complexity index is 239. The summed E-state index contributed by atoms with van der Waals surface area (Å²) >= 11 is 5.36. The van der Waals surface area contributed by atoms with Crippen molar-refractivity contribution in [1.29, 1.82) is 0 Å². The van der Waals surface area contributed by atoms with Gasteiger partial charge in [0.25, 0.3) is 0 Å². The Balaban J connectivity index is 3.09. The summed E-state index contributed by atoms with van der Waals surface area (Å²) in [4.78, 5) is 3.25. The second-order valence-corrected chi connectivity index (χ2v) is 2.06. The third-order valence-electron chi connectivity index (χ3n) is 0.976. The molecule has 10 heavy (non-hydrogen) atoms. The number of halogens is 3. The molecule has 1 aromatic carbocycles. The van der Waals surface area contributed by atoms with Crippen molar-refractivity contribution in [1.82, 2.24) is 0 Å². The molecule has 0 aliphatic carbocycles. The van der Waals surface area contributed by atoms with E-state index in [9.17, 15) is 8.92 Å². The van der Waals surface area contributed by atoms with Crippen molar-refractivity contribution in [3.05, 3.63) is 29.0 Å². The van der Waals surface area contributed by atoms with E-state index in [1.807, 2.05) is 0 Å². The Morgan fingerprint density at radius 1 is 1.40 bits per heavy atom. The molecular weight excluding hydrogens is 162 g/mol. The van der Waals surface area contributed by atoms with E-state index in [2.05, 4.69) is 4.94 Å². The number of hydrogen-bond acceptors (Lipinski definition) is 1. The van der Waals surface area contributed by atoms with E-state index in [-0.39, 0.29) is 10.8 Å². The molecule has 0 aliphatic rings. The smallest absolute Gasteiger partial charge is 0.193 e. The first-order valence-electron chi connectivity index (χ1n) is 2.47. The maximum atomic E-state index is 12.2. The largest absolute Gasteiger partial charge is 0.293 e. The summed E-state index contributed by atoms with van der Waals surface area (Å²) in [5.74, 6) is -0.890. The Hall–Kier alpha value is -0.830. The minimum Gasteiger partial charge on any atom is -0.293 e. The van der Waals surface area contributed by atoms with Crippen molar-refractivity contribution in [2.45, 2.75) is 0 Å². The van der Waals surface area contributed by atoms with Crippen molar-refractivity contribution in [3.8, 4) is 5.75 Å². The number of rotatable bonds is 1. The normalized spacial score (nSPS) is 9.50. The molecule has 1 rings (SSSR count). The van der Waals surface area contributed by atoms with Crippen LogP contribution in [-0.4, -0.2) is 0 Å². The lowest BCUT2D eigenvalue weighted by atomic mass is 10.3. The molecular formula is C6H3ClF2O. The molecule has 0 amide bonds. The topological polar surface area (TPSA) is 9.23 Å². The molecule has 0 saturated carbocycles. The fourth-order valence-corrected chi connectivity index (χ4v) is 0.683. The highest BCUT2D eigenvalue weighted by atomic mass is 35.5. The molecule has 0 radical (unpaired) electrons. The van der Waals surface area contributed by atoms with E-state index < -0.39 is 5.82 Å². The summed E-state index contributed by atoms with van der Waals surface area (Å²) in [6.07, 6.45) is 0. The fraction of sp³-hybridized carbons (Fsp3) is 0. The predicted octanol–water partition coefficient (Wildman–Crippen LogP) is 2.74. The van der Waals surface area contributed by atoms with Crippen LogP contribution in [0.4, 0.5) is 8.92 Å². The molecule has 0 saturated heterocycles. The Kier molecular flexibility index (Phi) is 2.06. The minimum atomic E-state index is -0.586. The standard InChI is InChI=1S/C6H3ClF2O/c7-5-2-1-4(8)3-6(5)10-9/h1-3H. The first kappa shape index (κ1) is 7.28. The van der Waals surface area contributed by atoms with Gasteiger partial charge < -0.3 is 0 Å². The lowest BCUT2D eigenvalue weighted by Gasteiger charge is -1.95. The quantitative estimate of drug-likeness (QED) is 0.620. The van der Waals surface area contributed by atoms with E-state index in [4.69, 9.17) is 11.6 Å². The molecule has 0 heterocycles. The van der Waals surface area contributed by atoms with Crippen LogP contribution in [0.25, 0.3) is 0 Å². The second-order valence-electron chi connectivity index (χ2n) is 1.65. The molecule has 0 aromatic heterocycles. The van der Waals surface area contributed by atoms with Crippen LogP contribution in [0.3, 0.4) is 0 Å². The van der Waals surface area contributed by atoms with E-state index in [0.717, 1.165) is 12.1 Å². The molecule has 0 N–H and O–H groups in total. The van der Waals surface area contributed by atoms with Crippen molar-refractivity contribution >= 4 is 11.6 Å². The van der Waals surface area contributed by atoms with Gasteiger partial charge in [-0.1, -0.05) is 11.6 Å². The molecule has 0 aliphatic heterocycles. The monoisotopic (exact) mass is 164 g/mol. The third-order valence-corrected chi connectivity index (χ3v) is 1.29. The highest BCUT2D eigenvalue weighted by Crippen LogP contribution is 2.24. The summed E-state index contributed by atoms with van der Waals surface area (Å²) in [7, 11) is 0. The summed E-state index contributed by atoms with van der Waals surface area (Å²) in [6.45, 7) is 0. The molecule has 0 unspecified atom stereocenters. The van der Waals surface area contributed by atoms with Gasteiger partial charge in [0.05, 0.1) is 5.02 Å². The zero-order valence-electron chi connectivity index (χ0n) is 4.77. The maximum absolute atomic E-state index is 12.2. The molecule has 0 atom stereocenters. The van der Waals surface area contributed by atoms with Gasteiger partial charge in [-0.2, -0.15) is 0 Å². The average molecular weight is 165 g/mol. The lowest BCUT2D eigenvalue weighted by molar-refractivity contribution is -0.00641. The Morgan fingerprint density at radius 2 is 2.10 bits per heavy atom. The van der Waals surface area contributed by atoms with Crippen LogP contribution in [0, 0.1) is 5.82 Å². The van der Waals surface area contributed by atoms with Gasteiger partial charge in [0.1, 0.15) is 5.82 Å². The van der Waals surface area contributed by atoms with E-state index in [1.54, 1.807) is 0 Å². The molecule has 4 heteroatoms. The summed E-state index contributed by atoms with van der Waals surface area (Å²) in [5.41, 5.74) is 0.